The van der Waals surface area contributed by atoms with Gasteiger partial charge >= 0.3 is 0 Å². The smallest absolute Gasteiger partial charge is 0.261 e. The topological polar surface area (TPSA) is 122 Å². The van der Waals surface area contributed by atoms with Crippen LogP contribution in [0.25, 0.3) is 0 Å². The molecule has 0 spiro atoms. The summed E-state index contributed by atoms with van der Waals surface area (Å²) in [4.78, 5) is 14.7. The van der Waals surface area contributed by atoms with Crippen molar-refractivity contribution in [3.8, 4) is 5.75 Å². The number of ether oxygens (including phenoxy) is 1. The van der Waals surface area contributed by atoms with E-state index >= 15 is 0 Å². The van der Waals surface area contributed by atoms with Crippen LogP contribution in [0.1, 0.15) is 35.7 Å². The average molecular weight is 592 g/mol. The summed E-state index contributed by atoms with van der Waals surface area (Å²) in [5.41, 5.74) is 1.43. The molecule has 0 radical (unpaired) electrons. The van der Waals surface area contributed by atoms with Crippen LogP contribution in [-0.2, 0) is 20.0 Å². The highest BCUT2D eigenvalue weighted by Gasteiger charge is 2.26. The Morgan fingerprint density at radius 1 is 0.872 bits per heavy atom. The van der Waals surface area contributed by atoms with E-state index in [1.165, 1.54) is 55.6 Å². The zero-order valence-electron chi connectivity index (χ0n) is 21.8. The van der Waals surface area contributed by atoms with Gasteiger partial charge in [-0.05, 0) is 85.8 Å². The highest BCUT2D eigenvalue weighted by atomic mass is 35.5. The minimum atomic E-state index is -4.10. The lowest BCUT2D eigenvalue weighted by atomic mass is 9.98. The number of anilines is 2. The molecule has 4 rings (SSSR count). The fourth-order valence-electron chi connectivity index (χ4n) is 4.19. The largest absolute Gasteiger partial charge is 0.496 e. The number of methoxy groups -OCH3 is 1. The molecular weight excluding hydrogens is 562 g/mol. The van der Waals surface area contributed by atoms with Crippen molar-refractivity contribution in [2.75, 3.05) is 29.6 Å². The number of hydrogen-bond donors (Lipinski definition) is 2. The molecule has 3 aromatic carbocycles. The van der Waals surface area contributed by atoms with E-state index in [0.29, 0.717) is 29.7 Å². The van der Waals surface area contributed by atoms with Crippen molar-refractivity contribution in [1.29, 1.82) is 0 Å². The third kappa shape index (κ3) is 6.66. The lowest BCUT2D eigenvalue weighted by Gasteiger charge is -2.30. The minimum Gasteiger partial charge on any atom is -0.496 e. The average Bonchev–Trinajstić information content (AvgIpc) is 2.90. The van der Waals surface area contributed by atoms with Gasteiger partial charge in [0.1, 0.15) is 5.75 Å². The number of likely N-dealkylation sites (tertiary alicyclic amines) is 1. The molecule has 0 aromatic heterocycles. The Hall–Kier alpha value is -3.28. The van der Waals surface area contributed by atoms with Crippen LogP contribution in [0.3, 0.4) is 0 Å². The zero-order valence-corrected chi connectivity index (χ0v) is 24.2. The second-order valence-electron chi connectivity index (χ2n) is 9.54. The second-order valence-corrected chi connectivity index (χ2v) is 13.3. The van der Waals surface area contributed by atoms with Gasteiger partial charge in [0.15, 0.2) is 0 Å². The van der Waals surface area contributed by atoms with E-state index in [-0.39, 0.29) is 32.7 Å². The fourth-order valence-corrected chi connectivity index (χ4v) is 6.50. The summed E-state index contributed by atoms with van der Waals surface area (Å²) in [6.07, 6.45) is 1.77. The van der Waals surface area contributed by atoms with Gasteiger partial charge in [-0.15, -0.1) is 0 Å². The Morgan fingerprint density at radius 2 is 1.44 bits per heavy atom. The molecule has 0 atom stereocenters. The molecule has 12 heteroatoms. The van der Waals surface area contributed by atoms with Gasteiger partial charge in [-0.2, -0.15) is 0 Å². The van der Waals surface area contributed by atoms with Crippen LogP contribution in [0.2, 0.25) is 5.02 Å². The number of rotatable bonds is 8. The van der Waals surface area contributed by atoms with Crippen molar-refractivity contribution in [2.24, 2.45) is 5.92 Å². The van der Waals surface area contributed by atoms with Crippen molar-refractivity contribution >= 4 is 48.9 Å². The molecule has 1 saturated heterocycles. The number of nitrogens with one attached hydrogen (secondary N) is 2. The maximum absolute atomic E-state index is 13.2. The summed E-state index contributed by atoms with van der Waals surface area (Å²) in [6, 6.07) is 14.2. The number of sulfonamides is 2. The predicted octanol–water partition coefficient (Wildman–Crippen LogP) is 5.13. The SMILES string of the molecule is COc1ccc(S(=O)(=O)Nc2ccc(S(=O)(=O)Nc3ccc(C)c(Cl)c3)cc2)cc1C(=O)N1CCC(C)CC1. The fraction of sp³-hybridized carbons (Fsp3) is 0.296. The van der Waals surface area contributed by atoms with Gasteiger partial charge in [-0.3, -0.25) is 14.2 Å². The van der Waals surface area contributed by atoms with Gasteiger partial charge in [0.2, 0.25) is 0 Å². The first-order chi connectivity index (χ1) is 18.4. The molecule has 0 aliphatic carbocycles. The Labute approximate surface area is 234 Å². The molecule has 0 saturated carbocycles. The van der Waals surface area contributed by atoms with Crippen LogP contribution in [0.15, 0.2) is 70.5 Å². The van der Waals surface area contributed by atoms with Gasteiger partial charge < -0.3 is 9.64 Å². The first-order valence-electron chi connectivity index (χ1n) is 12.3. The van der Waals surface area contributed by atoms with Crippen LogP contribution in [0, 0.1) is 12.8 Å². The lowest BCUT2D eigenvalue weighted by molar-refractivity contribution is 0.0693. The van der Waals surface area contributed by atoms with E-state index in [1.807, 2.05) is 0 Å². The quantitative estimate of drug-likeness (QED) is 0.374. The van der Waals surface area contributed by atoms with Crippen LogP contribution in [0.5, 0.6) is 5.75 Å². The molecule has 2 N–H and O–H groups in total. The van der Waals surface area contributed by atoms with Crippen LogP contribution in [0.4, 0.5) is 11.4 Å². The van der Waals surface area contributed by atoms with E-state index in [0.717, 1.165) is 18.4 Å². The summed E-state index contributed by atoms with van der Waals surface area (Å²) in [7, 11) is -6.60. The van der Waals surface area contributed by atoms with E-state index in [4.69, 9.17) is 16.3 Å². The van der Waals surface area contributed by atoms with Crippen molar-refractivity contribution in [1.82, 2.24) is 4.90 Å². The Kier molecular flexibility index (Phi) is 8.43. The first kappa shape index (κ1) is 28.7. The highest BCUT2D eigenvalue weighted by Crippen LogP contribution is 2.28. The van der Waals surface area contributed by atoms with E-state index in [1.54, 1.807) is 24.0 Å². The molecule has 9 nitrogen and oxygen atoms in total. The van der Waals surface area contributed by atoms with Crippen LogP contribution < -0.4 is 14.2 Å². The van der Waals surface area contributed by atoms with E-state index in [9.17, 15) is 21.6 Å². The Balaban J connectivity index is 1.52. The number of aryl methyl sites for hydroxylation is 1. The number of halogens is 1. The third-order valence-corrected chi connectivity index (χ3v) is 9.81. The molecule has 1 fully saturated rings. The van der Waals surface area contributed by atoms with Crippen molar-refractivity contribution < 1.29 is 26.4 Å². The van der Waals surface area contributed by atoms with Crippen molar-refractivity contribution in [3.63, 3.8) is 0 Å². The van der Waals surface area contributed by atoms with Gasteiger partial charge in [-0.25, -0.2) is 16.8 Å². The second kappa shape index (κ2) is 11.4. The Morgan fingerprint density at radius 3 is 2.05 bits per heavy atom. The molecular formula is C27H30ClN3O6S2. The summed E-state index contributed by atoms with van der Waals surface area (Å²) in [5, 5.41) is 0.425. The molecule has 0 unspecified atom stereocenters. The number of hydrogen-bond acceptors (Lipinski definition) is 6. The first-order valence-corrected chi connectivity index (χ1v) is 15.6. The molecule has 0 bridgehead atoms. The molecule has 1 aliphatic heterocycles. The van der Waals surface area contributed by atoms with Crippen molar-refractivity contribution in [3.05, 3.63) is 76.8 Å². The van der Waals surface area contributed by atoms with Gasteiger partial charge in [0, 0.05) is 23.8 Å². The molecule has 1 aliphatic rings. The molecule has 1 amide bonds. The Bertz CT molecular complexity index is 1580. The molecule has 1 heterocycles. The number of amides is 1. The predicted molar refractivity (Wildman–Crippen MR) is 152 cm³/mol. The number of benzene rings is 3. The van der Waals surface area contributed by atoms with Crippen LogP contribution in [-0.4, -0.2) is 47.8 Å². The summed E-state index contributed by atoms with van der Waals surface area (Å²) in [6.45, 7) is 5.14. The maximum Gasteiger partial charge on any atom is 0.261 e. The number of nitrogens with zero attached hydrogens (tertiary/aromatic N) is 1. The third-order valence-electron chi connectivity index (χ3n) is 6.62. The van der Waals surface area contributed by atoms with E-state index < -0.39 is 20.0 Å². The minimum absolute atomic E-state index is 0.0599. The maximum atomic E-state index is 13.2. The van der Waals surface area contributed by atoms with Gasteiger partial charge in [-0.1, -0.05) is 24.6 Å². The number of carbonyl (C=O) groups is 1. The van der Waals surface area contributed by atoms with E-state index in [2.05, 4.69) is 16.4 Å². The molecule has 208 valence electrons. The number of carbonyl (C=O) groups excluding carboxylic acids is 1. The van der Waals surface area contributed by atoms with Gasteiger partial charge in [0.25, 0.3) is 26.0 Å². The van der Waals surface area contributed by atoms with Gasteiger partial charge in [0.05, 0.1) is 28.2 Å². The highest BCUT2D eigenvalue weighted by molar-refractivity contribution is 7.93. The summed E-state index contributed by atoms with van der Waals surface area (Å²) in [5.74, 6) is 0.535. The molecule has 3 aromatic rings. The normalized spacial score (nSPS) is 14.6. The zero-order chi connectivity index (χ0) is 28.4. The summed E-state index contributed by atoms with van der Waals surface area (Å²) >= 11 is 6.08. The lowest BCUT2D eigenvalue weighted by Crippen LogP contribution is -2.38. The number of piperidine rings is 1. The summed E-state index contributed by atoms with van der Waals surface area (Å²) < 4.78 is 62.1. The van der Waals surface area contributed by atoms with Crippen molar-refractivity contribution in [2.45, 2.75) is 36.5 Å². The van der Waals surface area contributed by atoms with Crippen LogP contribution >= 0.6 is 11.6 Å². The monoisotopic (exact) mass is 591 g/mol. The standard InChI is InChI=1S/C27H30ClN3O6S2/c1-18-12-14-31(15-13-18)27(32)24-17-23(10-11-26(24)37-3)39(35,36)29-20-6-8-22(9-7-20)38(33,34)30-21-5-4-19(2)25(28)16-21/h4-11,16-18,29-30H,12-15H2,1-3H3. The molecule has 39 heavy (non-hydrogen) atoms.